The molecule has 0 atom stereocenters. The molecule has 0 aliphatic rings. The quantitative estimate of drug-likeness (QED) is 0.897. The molecule has 2 aromatic carbocycles. The maximum absolute atomic E-state index is 12.0. The van der Waals surface area contributed by atoms with E-state index >= 15 is 0 Å². The minimum absolute atomic E-state index is 0.245. The van der Waals surface area contributed by atoms with Gasteiger partial charge in [0.1, 0.15) is 11.5 Å². The fourth-order valence-corrected chi connectivity index (χ4v) is 1.82. The number of alkyl halides is 3. The van der Waals surface area contributed by atoms with Crippen LogP contribution in [0.1, 0.15) is 5.56 Å². The zero-order valence-corrected chi connectivity index (χ0v) is 11.3. The van der Waals surface area contributed by atoms with Crippen LogP contribution in [0.3, 0.4) is 0 Å². The Bertz CT molecular complexity index is 582. The van der Waals surface area contributed by atoms with Crippen molar-refractivity contribution < 1.29 is 22.6 Å². The molecule has 0 bridgehead atoms. The van der Waals surface area contributed by atoms with Crippen LogP contribution in [0.25, 0.3) is 0 Å². The van der Waals surface area contributed by atoms with E-state index in [0.717, 1.165) is 11.3 Å². The number of nitrogens with one attached hydrogen (secondary N) is 1. The standard InChI is InChI=1S/C15H14F3NO2/c1-20-14-5-3-2-4-11(14)10-19-12-6-8-13(9-7-12)21-15(16,17)18/h2-9,19H,10H2,1H3. The summed E-state index contributed by atoms with van der Waals surface area (Å²) >= 11 is 0. The lowest BCUT2D eigenvalue weighted by molar-refractivity contribution is -0.274. The number of halogens is 3. The van der Waals surface area contributed by atoms with Gasteiger partial charge in [-0.15, -0.1) is 13.2 Å². The Kier molecular flexibility index (Phi) is 4.57. The maximum Gasteiger partial charge on any atom is 0.573 e. The average Bonchev–Trinajstić information content (AvgIpc) is 2.45. The number of rotatable bonds is 5. The maximum atomic E-state index is 12.0. The summed E-state index contributed by atoms with van der Waals surface area (Å²) in [6.07, 6.45) is -4.67. The molecule has 0 aromatic heterocycles. The summed E-state index contributed by atoms with van der Waals surface area (Å²) in [7, 11) is 1.59. The highest BCUT2D eigenvalue weighted by Gasteiger charge is 2.30. The molecule has 6 heteroatoms. The van der Waals surface area contributed by atoms with E-state index in [0.29, 0.717) is 12.2 Å². The van der Waals surface area contributed by atoms with E-state index in [2.05, 4.69) is 10.1 Å². The van der Waals surface area contributed by atoms with Gasteiger partial charge in [-0.25, -0.2) is 0 Å². The summed E-state index contributed by atoms with van der Waals surface area (Å²) < 4.78 is 45.2. The Morgan fingerprint density at radius 2 is 1.67 bits per heavy atom. The lowest BCUT2D eigenvalue weighted by Gasteiger charge is -2.12. The van der Waals surface area contributed by atoms with E-state index in [4.69, 9.17) is 4.74 Å². The van der Waals surface area contributed by atoms with Crippen LogP contribution in [-0.2, 0) is 6.54 Å². The van der Waals surface area contributed by atoms with Gasteiger partial charge in [0.2, 0.25) is 0 Å². The molecule has 2 aromatic rings. The van der Waals surface area contributed by atoms with Gasteiger partial charge in [0, 0.05) is 17.8 Å². The molecule has 3 nitrogen and oxygen atoms in total. The molecule has 1 N–H and O–H groups in total. The van der Waals surface area contributed by atoms with E-state index < -0.39 is 6.36 Å². The molecule has 112 valence electrons. The van der Waals surface area contributed by atoms with E-state index in [1.165, 1.54) is 24.3 Å². The minimum atomic E-state index is -4.67. The van der Waals surface area contributed by atoms with Crippen LogP contribution in [0.15, 0.2) is 48.5 Å². The third kappa shape index (κ3) is 4.59. The van der Waals surface area contributed by atoms with E-state index in [9.17, 15) is 13.2 Å². The molecule has 0 aliphatic heterocycles. The van der Waals surface area contributed by atoms with Crippen molar-refractivity contribution in [1.29, 1.82) is 0 Å². The number of anilines is 1. The van der Waals surface area contributed by atoms with Crippen molar-refractivity contribution >= 4 is 5.69 Å². The van der Waals surface area contributed by atoms with Crippen LogP contribution in [-0.4, -0.2) is 13.5 Å². The highest BCUT2D eigenvalue weighted by molar-refractivity contribution is 5.47. The second kappa shape index (κ2) is 6.39. The number of methoxy groups -OCH3 is 1. The van der Waals surface area contributed by atoms with Crippen molar-refractivity contribution in [2.45, 2.75) is 12.9 Å². The van der Waals surface area contributed by atoms with Crippen LogP contribution in [0.4, 0.5) is 18.9 Å². The molecular weight excluding hydrogens is 283 g/mol. The minimum Gasteiger partial charge on any atom is -0.496 e. The molecule has 0 unspecified atom stereocenters. The van der Waals surface area contributed by atoms with Gasteiger partial charge in [0.15, 0.2) is 0 Å². The first kappa shape index (κ1) is 15.0. The van der Waals surface area contributed by atoms with Crippen LogP contribution in [0.5, 0.6) is 11.5 Å². The summed E-state index contributed by atoms with van der Waals surface area (Å²) in [6.45, 7) is 0.503. The van der Waals surface area contributed by atoms with Crippen LogP contribution in [0.2, 0.25) is 0 Å². The molecule has 0 fully saturated rings. The van der Waals surface area contributed by atoms with Crippen LogP contribution < -0.4 is 14.8 Å². The monoisotopic (exact) mass is 297 g/mol. The summed E-state index contributed by atoms with van der Waals surface area (Å²) in [5.74, 6) is 0.507. The number of ether oxygens (including phenoxy) is 2. The van der Waals surface area contributed by atoms with Gasteiger partial charge < -0.3 is 14.8 Å². The van der Waals surface area contributed by atoms with Gasteiger partial charge in [0.05, 0.1) is 7.11 Å². The van der Waals surface area contributed by atoms with E-state index in [1.807, 2.05) is 24.3 Å². The molecule has 0 amide bonds. The number of hydrogen-bond acceptors (Lipinski definition) is 3. The third-order valence-corrected chi connectivity index (χ3v) is 2.76. The van der Waals surface area contributed by atoms with Gasteiger partial charge in [-0.3, -0.25) is 0 Å². The smallest absolute Gasteiger partial charge is 0.496 e. The van der Waals surface area contributed by atoms with Gasteiger partial charge in [-0.2, -0.15) is 0 Å². The summed E-state index contributed by atoms with van der Waals surface area (Å²) in [5, 5.41) is 3.11. The summed E-state index contributed by atoms with van der Waals surface area (Å²) in [5.41, 5.74) is 1.64. The molecular formula is C15H14F3NO2. The Hall–Kier alpha value is -2.37. The first-order valence-corrected chi connectivity index (χ1v) is 6.19. The van der Waals surface area contributed by atoms with E-state index in [-0.39, 0.29) is 5.75 Å². The number of hydrogen-bond donors (Lipinski definition) is 1. The largest absolute Gasteiger partial charge is 0.573 e. The molecule has 0 saturated carbocycles. The summed E-state index contributed by atoms with van der Waals surface area (Å²) in [4.78, 5) is 0. The van der Waals surface area contributed by atoms with Crippen LogP contribution >= 0.6 is 0 Å². The SMILES string of the molecule is COc1ccccc1CNc1ccc(OC(F)(F)F)cc1. The first-order chi connectivity index (χ1) is 9.98. The number of para-hydroxylation sites is 1. The topological polar surface area (TPSA) is 30.5 Å². The lowest BCUT2D eigenvalue weighted by Crippen LogP contribution is -2.17. The zero-order valence-electron chi connectivity index (χ0n) is 11.3. The number of benzene rings is 2. The first-order valence-electron chi connectivity index (χ1n) is 6.19. The lowest BCUT2D eigenvalue weighted by atomic mass is 10.2. The molecule has 0 saturated heterocycles. The fraction of sp³-hybridized carbons (Fsp3) is 0.200. The Morgan fingerprint density at radius 3 is 2.29 bits per heavy atom. The molecule has 2 rings (SSSR count). The highest BCUT2D eigenvalue weighted by atomic mass is 19.4. The van der Waals surface area contributed by atoms with E-state index in [1.54, 1.807) is 7.11 Å². The predicted octanol–water partition coefficient (Wildman–Crippen LogP) is 4.21. The molecule has 0 aliphatic carbocycles. The molecule has 21 heavy (non-hydrogen) atoms. The average molecular weight is 297 g/mol. The highest BCUT2D eigenvalue weighted by Crippen LogP contribution is 2.24. The normalized spacial score (nSPS) is 11.0. The molecule has 0 heterocycles. The molecule has 0 radical (unpaired) electrons. The summed E-state index contributed by atoms with van der Waals surface area (Å²) in [6, 6.07) is 13.1. The van der Waals surface area contributed by atoms with Gasteiger partial charge in [-0.05, 0) is 30.3 Å². The predicted molar refractivity (Wildman–Crippen MR) is 73.4 cm³/mol. The van der Waals surface area contributed by atoms with Crippen molar-refractivity contribution in [2.75, 3.05) is 12.4 Å². The third-order valence-electron chi connectivity index (χ3n) is 2.76. The Balaban J connectivity index is 1.98. The fourth-order valence-electron chi connectivity index (χ4n) is 1.82. The van der Waals surface area contributed by atoms with Crippen LogP contribution in [0, 0.1) is 0 Å². The van der Waals surface area contributed by atoms with Crippen molar-refractivity contribution in [3.05, 3.63) is 54.1 Å². The second-order valence-corrected chi connectivity index (χ2v) is 4.24. The van der Waals surface area contributed by atoms with Gasteiger partial charge in [0.25, 0.3) is 0 Å². The van der Waals surface area contributed by atoms with Gasteiger partial charge in [-0.1, -0.05) is 18.2 Å². The van der Waals surface area contributed by atoms with Crippen molar-refractivity contribution in [3.8, 4) is 11.5 Å². The molecule has 0 spiro atoms. The van der Waals surface area contributed by atoms with Crippen molar-refractivity contribution in [3.63, 3.8) is 0 Å². The van der Waals surface area contributed by atoms with Crippen molar-refractivity contribution in [2.24, 2.45) is 0 Å². The second-order valence-electron chi connectivity index (χ2n) is 4.24. The Labute approximate surface area is 120 Å². The Morgan fingerprint density at radius 1 is 1.00 bits per heavy atom. The zero-order chi connectivity index (χ0) is 15.3. The van der Waals surface area contributed by atoms with Gasteiger partial charge >= 0.3 is 6.36 Å². The van der Waals surface area contributed by atoms with Crippen molar-refractivity contribution in [1.82, 2.24) is 0 Å².